The third kappa shape index (κ3) is 24.3. The summed E-state index contributed by atoms with van der Waals surface area (Å²) >= 11 is 0. The number of phosphoric acid groups is 2. The molecular weight excluding hydrogens is 848 g/mol. The molecule has 1 aliphatic rings. The molecule has 0 amide bonds. The van der Waals surface area contributed by atoms with Gasteiger partial charge in [0.1, 0.15) is 43.8 Å². The highest BCUT2D eigenvalue weighted by Crippen LogP contribution is 2.60. The van der Waals surface area contributed by atoms with Crippen LogP contribution in [0.15, 0.2) is 47.4 Å². The Labute approximate surface area is 377 Å². The smallest absolute Gasteiger partial charge is 0.387 e. The normalized spacial score (nSPS) is 20.1. The molecule has 0 aliphatic carbocycles. The van der Waals surface area contributed by atoms with Gasteiger partial charge in [-0.25, -0.2) is 13.9 Å². The number of hydrogen-bond acceptors (Lipinski definition) is 11. The van der Waals surface area contributed by atoms with Crippen molar-refractivity contribution in [3.05, 3.63) is 58.6 Å². The van der Waals surface area contributed by atoms with Crippen LogP contribution in [0.1, 0.15) is 140 Å². The first-order valence-electron chi connectivity index (χ1n) is 23.5. The van der Waals surface area contributed by atoms with Crippen LogP contribution in [0.4, 0.5) is 5.82 Å². The van der Waals surface area contributed by atoms with Crippen molar-refractivity contribution in [2.24, 2.45) is 0 Å². The van der Waals surface area contributed by atoms with Gasteiger partial charge in [-0.05, 0) is 25.3 Å². The summed E-state index contributed by atoms with van der Waals surface area (Å²) in [7, 11) is 0.0604. The van der Waals surface area contributed by atoms with E-state index in [9.17, 15) is 33.9 Å². The van der Waals surface area contributed by atoms with E-state index in [1.807, 2.05) is 21.1 Å². The van der Waals surface area contributed by atoms with E-state index in [2.05, 4.69) is 59.0 Å². The first-order valence-corrected chi connectivity index (χ1v) is 26.5. The highest BCUT2D eigenvalue weighted by Gasteiger charge is 2.46. The Kier molecular flexibility index (Phi) is 25.3. The van der Waals surface area contributed by atoms with Crippen molar-refractivity contribution in [2.45, 2.75) is 160 Å². The average Bonchev–Trinajstić information content (AvgIpc) is 3.48. The van der Waals surface area contributed by atoms with Crippen molar-refractivity contribution in [3.8, 4) is 0 Å². The summed E-state index contributed by atoms with van der Waals surface area (Å²) in [5.74, 6) is 0.366. The van der Waals surface area contributed by atoms with Crippen LogP contribution in [0, 0.1) is 0 Å². The molecule has 0 saturated carbocycles. The van der Waals surface area contributed by atoms with Crippen molar-refractivity contribution in [1.29, 1.82) is 0 Å². The number of benzene rings is 1. The summed E-state index contributed by atoms with van der Waals surface area (Å²) < 4.78 is 46.3. The van der Waals surface area contributed by atoms with Gasteiger partial charge in [-0.3, -0.25) is 13.6 Å². The van der Waals surface area contributed by atoms with Crippen molar-refractivity contribution in [1.82, 2.24) is 9.55 Å². The molecule has 1 aromatic heterocycles. The van der Waals surface area contributed by atoms with Gasteiger partial charge in [0.25, 0.3) is 0 Å². The van der Waals surface area contributed by atoms with Crippen LogP contribution >= 0.6 is 15.6 Å². The average molecular weight is 932 g/mol. The van der Waals surface area contributed by atoms with Crippen molar-refractivity contribution in [2.75, 3.05) is 73.4 Å². The second-order valence-electron chi connectivity index (χ2n) is 19.0. The van der Waals surface area contributed by atoms with Crippen LogP contribution < -0.4 is 11.0 Å². The monoisotopic (exact) mass is 932 g/mol. The second-order valence-corrected chi connectivity index (χ2v) is 22.1. The molecule has 362 valence electrons. The number of quaternary nitrogens is 2. The summed E-state index contributed by atoms with van der Waals surface area (Å²) in [4.78, 5) is 36.6. The molecular formula is C45H83N5O11P2+2. The van der Waals surface area contributed by atoms with E-state index >= 15 is 0 Å². The van der Waals surface area contributed by atoms with Crippen LogP contribution in [0.2, 0.25) is 0 Å². The molecule has 16 nitrogen and oxygen atoms in total. The number of aliphatic hydroxyl groups excluding tert-OH is 2. The topological polar surface area (TPSA) is 199 Å². The van der Waals surface area contributed by atoms with E-state index < -0.39 is 52.5 Å². The van der Waals surface area contributed by atoms with Crippen LogP contribution in [0.25, 0.3) is 0 Å². The number of aliphatic hydroxyl groups is 2. The third-order valence-electron chi connectivity index (χ3n) is 11.5. The standard InChI is InChI=1S/C45H81N5O11P2/c1-49(2,3)35-36-58-62(54,55)61-63(56,57)59-38-40-42(51)43(52)44(60-40)48-33-31-41(47-45(48)53)46-32-27-22-20-18-16-14-12-10-8-6-7-9-11-13-15-17-19-21-23-28-34-50(4,5)37-39-29-25-24-26-30-39/h24-26,29-31,33,40,42-44,51-52H,6-23,27-28,32,34-38H2,1-5H3,(H-2,46,47,53,54,55,56,57)/p+2. The second kappa shape index (κ2) is 28.9. The van der Waals surface area contributed by atoms with E-state index in [1.54, 1.807) is 6.07 Å². The van der Waals surface area contributed by atoms with E-state index in [-0.39, 0.29) is 6.61 Å². The summed E-state index contributed by atoms with van der Waals surface area (Å²) in [5, 5.41) is 24.2. The number of unbranched alkanes of at least 4 members (excludes halogenated alkanes) is 19. The molecule has 1 saturated heterocycles. The lowest BCUT2D eigenvalue weighted by atomic mass is 10.0. The Morgan fingerprint density at radius 3 is 1.68 bits per heavy atom. The van der Waals surface area contributed by atoms with Crippen molar-refractivity contribution < 1.29 is 56.2 Å². The number of anilines is 1. The molecule has 1 fully saturated rings. The van der Waals surface area contributed by atoms with E-state index in [4.69, 9.17) is 13.8 Å². The first kappa shape index (κ1) is 55.3. The maximum absolute atomic E-state index is 12.8. The summed E-state index contributed by atoms with van der Waals surface area (Å²) in [5.41, 5.74) is 0.692. The van der Waals surface area contributed by atoms with Crippen molar-refractivity contribution >= 4 is 21.5 Å². The number of phosphoric ester groups is 2. The number of hydrogen-bond donors (Lipinski definition) is 5. The lowest BCUT2D eigenvalue weighted by Gasteiger charge is -2.30. The minimum Gasteiger partial charge on any atom is -0.387 e. The fourth-order valence-corrected chi connectivity index (χ4v) is 9.86. The molecule has 6 unspecified atom stereocenters. The molecule has 63 heavy (non-hydrogen) atoms. The number of likely N-dealkylation sites (N-methyl/N-ethyl adjacent to an activating group) is 1. The minimum absolute atomic E-state index is 0.232. The first-order chi connectivity index (χ1) is 29.9. The Morgan fingerprint density at radius 2 is 1.17 bits per heavy atom. The van der Waals surface area contributed by atoms with E-state index in [1.165, 1.54) is 127 Å². The fourth-order valence-electron chi connectivity index (χ4n) is 7.80. The van der Waals surface area contributed by atoms with Crippen molar-refractivity contribution in [3.63, 3.8) is 0 Å². The summed E-state index contributed by atoms with van der Waals surface area (Å²) in [6, 6.07) is 12.4. The molecule has 1 aromatic carbocycles. The predicted molar refractivity (Wildman–Crippen MR) is 248 cm³/mol. The molecule has 0 radical (unpaired) electrons. The van der Waals surface area contributed by atoms with Gasteiger partial charge in [0.05, 0.1) is 48.4 Å². The lowest BCUT2D eigenvalue weighted by molar-refractivity contribution is -0.903. The quantitative estimate of drug-likeness (QED) is 0.0249. The Morgan fingerprint density at radius 1 is 0.683 bits per heavy atom. The Balaban J connectivity index is 1.13. The molecule has 0 bridgehead atoms. The number of nitrogens with one attached hydrogen (secondary N) is 1. The molecule has 1 aliphatic heterocycles. The van der Waals surface area contributed by atoms with Crippen LogP contribution in [-0.2, 0) is 33.8 Å². The van der Waals surface area contributed by atoms with Gasteiger partial charge in [-0.1, -0.05) is 139 Å². The van der Waals surface area contributed by atoms with Gasteiger partial charge in [0.2, 0.25) is 0 Å². The zero-order valence-electron chi connectivity index (χ0n) is 39.1. The zero-order chi connectivity index (χ0) is 46.2. The number of nitrogens with zero attached hydrogens (tertiary/aromatic N) is 4. The molecule has 18 heteroatoms. The van der Waals surface area contributed by atoms with Gasteiger partial charge in [-0.2, -0.15) is 9.29 Å². The summed E-state index contributed by atoms with van der Waals surface area (Å²) in [6.07, 6.45) is 21.5. The third-order valence-corrected chi connectivity index (χ3v) is 14.2. The maximum Gasteiger partial charge on any atom is 0.481 e. The van der Waals surface area contributed by atoms with Gasteiger partial charge < -0.3 is 39.0 Å². The Hall–Kier alpha value is -2.04. The fraction of sp³-hybridized carbons (Fsp3) is 0.778. The predicted octanol–water partition coefficient (Wildman–Crippen LogP) is 8.31. The largest absolute Gasteiger partial charge is 0.481 e. The van der Waals surface area contributed by atoms with E-state index in [0.29, 0.717) is 23.4 Å². The molecule has 6 atom stereocenters. The van der Waals surface area contributed by atoms with Crippen LogP contribution in [-0.4, -0.2) is 125 Å². The molecule has 5 N–H and O–H groups in total. The molecule has 3 rings (SSSR count). The SMILES string of the molecule is C[N+](C)(C)CCOP(=O)(O)OP(=O)(O)OCC1OC(n2ccc(NCCCCCCCCCCCCCCCCCCCCCC[N+](C)(C)Cc3ccccc3)nc2=O)C(O)C1O. The molecule has 2 aromatic rings. The highest BCUT2D eigenvalue weighted by atomic mass is 31.3. The molecule has 0 spiro atoms. The number of ether oxygens (including phenoxy) is 1. The van der Waals surface area contributed by atoms with Gasteiger partial charge in [0.15, 0.2) is 6.23 Å². The summed E-state index contributed by atoms with van der Waals surface area (Å²) in [6.45, 7) is 2.29. The van der Waals surface area contributed by atoms with Gasteiger partial charge in [0, 0.05) is 18.3 Å². The minimum atomic E-state index is -5.15. The van der Waals surface area contributed by atoms with Crippen LogP contribution in [0.5, 0.6) is 0 Å². The zero-order valence-corrected chi connectivity index (χ0v) is 40.9. The molecule has 2 heterocycles. The van der Waals surface area contributed by atoms with Crippen LogP contribution in [0.3, 0.4) is 0 Å². The Bertz CT molecular complexity index is 1700. The lowest BCUT2D eigenvalue weighted by Crippen LogP contribution is -2.39. The highest BCUT2D eigenvalue weighted by molar-refractivity contribution is 7.61. The van der Waals surface area contributed by atoms with E-state index in [0.717, 1.165) is 34.9 Å². The number of aromatic nitrogens is 2. The van der Waals surface area contributed by atoms with Gasteiger partial charge >= 0.3 is 21.3 Å². The maximum atomic E-state index is 12.8. The van der Waals surface area contributed by atoms with Gasteiger partial charge in [-0.15, -0.1) is 0 Å². The number of rotatable bonds is 36.